The van der Waals surface area contributed by atoms with E-state index >= 15 is 0 Å². The largest absolute Gasteiger partial charge is 0.320 e. The molecule has 1 amide bonds. The van der Waals surface area contributed by atoms with E-state index in [0.29, 0.717) is 20.5 Å². The summed E-state index contributed by atoms with van der Waals surface area (Å²) in [6.07, 6.45) is 0. The number of nitrogens with zero attached hydrogens (tertiary/aromatic N) is 1. The van der Waals surface area contributed by atoms with Crippen LogP contribution in [0.1, 0.15) is 16.1 Å². The average molecular weight is 388 g/mol. The Balaban J connectivity index is 2.28. The number of aryl methyl sites for hydroxylation is 1. The van der Waals surface area contributed by atoms with Crippen LogP contribution in [0.5, 0.6) is 0 Å². The summed E-state index contributed by atoms with van der Waals surface area (Å²) in [4.78, 5) is 16.3. The predicted molar refractivity (Wildman–Crippen MR) is 78.7 cm³/mol. The van der Waals surface area contributed by atoms with Gasteiger partial charge in [0.05, 0.1) is 16.9 Å². The van der Waals surface area contributed by atoms with Gasteiger partial charge in [0, 0.05) is 4.47 Å². The molecule has 1 aromatic carbocycles. The van der Waals surface area contributed by atoms with E-state index in [2.05, 4.69) is 42.2 Å². The molecule has 0 radical (unpaired) electrons. The molecule has 0 saturated heterocycles. The summed E-state index contributed by atoms with van der Waals surface area (Å²) in [7, 11) is 0. The second-order valence-electron chi connectivity index (χ2n) is 3.85. The maximum Gasteiger partial charge on any atom is 0.256 e. The summed E-state index contributed by atoms with van der Waals surface area (Å²) in [6, 6.07) is 7.42. The number of carbonyl (C=O) groups is 1. The molecule has 0 aliphatic rings. The first-order valence-corrected chi connectivity index (χ1v) is 6.95. The van der Waals surface area contributed by atoms with Gasteiger partial charge in [0.2, 0.25) is 0 Å². The molecule has 3 nitrogen and oxygen atoms in total. The minimum absolute atomic E-state index is 0.238. The molecule has 0 unspecified atom stereocenters. The number of rotatable bonds is 2. The zero-order chi connectivity index (χ0) is 14.0. The van der Waals surface area contributed by atoms with Crippen LogP contribution < -0.4 is 5.32 Å². The number of aromatic nitrogens is 1. The van der Waals surface area contributed by atoms with E-state index in [1.807, 2.05) is 0 Å². The highest BCUT2D eigenvalue weighted by molar-refractivity contribution is 9.10. The second-order valence-corrected chi connectivity index (χ2v) is 5.51. The molecule has 19 heavy (non-hydrogen) atoms. The molecule has 1 aromatic heterocycles. The van der Waals surface area contributed by atoms with Gasteiger partial charge in [0.1, 0.15) is 10.4 Å². The number of hydrogen-bond donors (Lipinski definition) is 1. The molecule has 2 aromatic rings. The van der Waals surface area contributed by atoms with E-state index in [4.69, 9.17) is 0 Å². The van der Waals surface area contributed by atoms with E-state index in [9.17, 15) is 9.18 Å². The van der Waals surface area contributed by atoms with Crippen molar-refractivity contribution in [3.63, 3.8) is 0 Å². The van der Waals surface area contributed by atoms with Crippen LogP contribution in [0.4, 0.5) is 10.1 Å². The van der Waals surface area contributed by atoms with Crippen LogP contribution in [-0.2, 0) is 0 Å². The number of pyridine rings is 1. The van der Waals surface area contributed by atoms with E-state index in [1.54, 1.807) is 19.1 Å². The predicted octanol–water partition coefficient (Wildman–Crippen LogP) is 4.31. The summed E-state index contributed by atoms with van der Waals surface area (Å²) < 4.78 is 14.4. The Hall–Kier alpha value is -1.27. The minimum atomic E-state index is -0.459. The van der Waals surface area contributed by atoms with Crippen LogP contribution in [0.2, 0.25) is 0 Å². The number of amides is 1. The second kappa shape index (κ2) is 5.79. The Morgan fingerprint density at radius 1 is 1.26 bits per heavy atom. The number of carbonyl (C=O) groups excluding carboxylic acids is 1. The Bertz CT molecular complexity index is 647. The van der Waals surface area contributed by atoms with Crippen molar-refractivity contribution in [2.45, 2.75) is 6.92 Å². The number of benzene rings is 1. The van der Waals surface area contributed by atoms with Crippen molar-refractivity contribution in [1.82, 2.24) is 4.98 Å². The first-order valence-electron chi connectivity index (χ1n) is 5.37. The van der Waals surface area contributed by atoms with Gasteiger partial charge in [-0.25, -0.2) is 9.37 Å². The van der Waals surface area contributed by atoms with Gasteiger partial charge in [0.25, 0.3) is 5.91 Å². The van der Waals surface area contributed by atoms with Gasteiger partial charge >= 0.3 is 0 Å². The molecule has 1 heterocycles. The third kappa shape index (κ3) is 3.39. The zero-order valence-corrected chi connectivity index (χ0v) is 13.0. The van der Waals surface area contributed by atoms with Gasteiger partial charge in [-0.15, -0.1) is 0 Å². The summed E-state index contributed by atoms with van der Waals surface area (Å²) in [5.74, 6) is -0.849. The van der Waals surface area contributed by atoms with Gasteiger partial charge in [-0.2, -0.15) is 0 Å². The van der Waals surface area contributed by atoms with E-state index in [0.717, 1.165) is 0 Å². The summed E-state index contributed by atoms with van der Waals surface area (Å²) in [6.45, 7) is 1.78. The third-order valence-electron chi connectivity index (χ3n) is 2.47. The number of anilines is 1. The molecular weight excluding hydrogens is 379 g/mol. The summed E-state index contributed by atoms with van der Waals surface area (Å²) in [5, 5.41) is 2.70. The Labute approximate surface area is 126 Å². The lowest BCUT2D eigenvalue weighted by Gasteiger charge is -2.09. The van der Waals surface area contributed by atoms with Gasteiger partial charge < -0.3 is 5.32 Å². The van der Waals surface area contributed by atoms with Crippen LogP contribution >= 0.6 is 31.9 Å². The molecule has 0 aliphatic heterocycles. The van der Waals surface area contributed by atoms with Crippen LogP contribution in [0.25, 0.3) is 0 Å². The van der Waals surface area contributed by atoms with Crippen molar-refractivity contribution in [2.24, 2.45) is 0 Å². The Morgan fingerprint density at radius 3 is 2.68 bits per heavy atom. The monoisotopic (exact) mass is 386 g/mol. The topological polar surface area (TPSA) is 42.0 Å². The normalized spacial score (nSPS) is 10.3. The number of hydrogen-bond acceptors (Lipinski definition) is 2. The quantitative estimate of drug-likeness (QED) is 0.780. The molecule has 98 valence electrons. The molecule has 0 saturated carbocycles. The molecular formula is C13H9Br2FN2O. The molecule has 0 fully saturated rings. The van der Waals surface area contributed by atoms with Crippen LogP contribution in [-0.4, -0.2) is 10.9 Å². The number of nitrogens with one attached hydrogen (secondary N) is 1. The minimum Gasteiger partial charge on any atom is -0.320 e. The fraction of sp³-hybridized carbons (Fsp3) is 0.0769. The van der Waals surface area contributed by atoms with Crippen molar-refractivity contribution in [2.75, 3.05) is 5.32 Å². The van der Waals surface area contributed by atoms with Crippen LogP contribution in [0.3, 0.4) is 0 Å². The first kappa shape index (κ1) is 14.1. The van der Waals surface area contributed by atoms with Crippen molar-refractivity contribution in [3.8, 4) is 0 Å². The van der Waals surface area contributed by atoms with Gasteiger partial charge in [-0.1, -0.05) is 0 Å². The Kier molecular flexibility index (Phi) is 4.31. The third-order valence-corrected chi connectivity index (χ3v) is 3.61. The lowest BCUT2D eigenvalue weighted by Crippen LogP contribution is -2.14. The standard InChI is InChI=1S/C13H9Br2FN2O/c1-7-11(4-5-12(15)17-7)18-13(19)9-6-8(16)2-3-10(9)14/h2-6H,1H3,(H,18,19). The maximum absolute atomic E-state index is 13.2. The zero-order valence-electron chi connectivity index (χ0n) is 9.88. The molecule has 0 atom stereocenters. The van der Waals surface area contributed by atoms with Gasteiger partial charge in [-0.3, -0.25) is 4.79 Å². The molecule has 0 aliphatic carbocycles. The van der Waals surface area contributed by atoms with Crippen molar-refractivity contribution < 1.29 is 9.18 Å². The number of halogens is 3. The summed E-state index contributed by atoms with van der Waals surface area (Å²) >= 11 is 6.47. The maximum atomic E-state index is 13.2. The van der Waals surface area contributed by atoms with E-state index in [1.165, 1.54) is 18.2 Å². The van der Waals surface area contributed by atoms with E-state index < -0.39 is 11.7 Å². The molecule has 6 heteroatoms. The fourth-order valence-corrected chi connectivity index (χ4v) is 2.35. The lowest BCUT2D eigenvalue weighted by atomic mass is 10.2. The van der Waals surface area contributed by atoms with Crippen molar-refractivity contribution >= 4 is 43.5 Å². The molecule has 1 N–H and O–H groups in total. The molecule has 0 spiro atoms. The van der Waals surface area contributed by atoms with Gasteiger partial charge in [0.15, 0.2) is 0 Å². The molecule has 0 bridgehead atoms. The van der Waals surface area contributed by atoms with E-state index in [-0.39, 0.29) is 5.56 Å². The highest BCUT2D eigenvalue weighted by Gasteiger charge is 2.12. The average Bonchev–Trinajstić information content (AvgIpc) is 2.35. The highest BCUT2D eigenvalue weighted by atomic mass is 79.9. The fourth-order valence-electron chi connectivity index (χ4n) is 1.52. The van der Waals surface area contributed by atoms with Crippen LogP contribution in [0.15, 0.2) is 39.4 Å². The first-order chi connectivity index (χ1) is 8.97. The Morgan fingerprint density at radius 2 is 2.00 bits per heavy atom. The SMILES string of the molecule is Cc1nc(Br)ccc1NC(=O)c1cc(F)ccc1Br. The highest BCUT2D eigenvalue weighted by Crippen LogP contribution is 2.21. The van der Waals surface area contributed by atoms with Crippen LogP contribution in [0, 0.1) is 12.7 Å². The van der Waals surface area contributed by atoms with Gasteiger partial charge in [-0.05, 0) is 69.1 Å². The van der Waals surface area contributed by atoms with Crippen molar-refractivity contribution in [1.29, 1.82) is 0 Å². The van der Waals surface area contributed by atoms with Crippen molar-refractivity contribution in [3.05, 3.63) is 56.5 Å². The lowest BCUT2D eigenvalue weighted by molar-refractivity contribution is 0.102. The smallest absolute Gasteiger partial charge is 0.256 e. The molecule has 2 rings (SSSR count). The summed E-state index contributed by atoms with van der Waals surface area (Å²) in [5.41, 5.74) is 1.50.